The molecule has 2 amide bonds. The molecule has 0 bridgehead atoms. The molecule has 1 aromatic carbocycles. The Morgan fingerprint density at radius 2 is 2.00 bits per heavy atom. The summed E-state index contributed by atoms with van der Waals surface area (Å²) in [7, 11) is 3.38. The second-order valence-corrected chi connectivity index (χ2v) is 6.45. The lowest BCUT2D eigenvalue weighted by atomic mass is 10.1. The van der Waals surface area contributed by atoms with Gasteiger partial charge in [-0.05, 0) is 30.3 Å². The fourth-order valence-electron chi connectivity index (χ4n) is 2.78. The number of fused-ring (bicyclic) bond motifs is 1. The van der Waals surface area contributed by atoms with Gasteiger partial charge < -0.3 is 19.9 Å². The Balaban J connectivity index is 1.63. The summed E-state index contributed by atoms with van der Waals surface area (Å²) in [5, 5.41) is 5.15. The van der Waals surface area contributed by atoms with E-state index in [2.05, 4.69) is 15.6 Å². The number of benzene rings is 1. The number of nitrogens with one attached hydrogen (secondary N) is 2. The van der Waals surface area contributed by atoms with Crippen molar-refractivity contribution < 1.29 is 18.0 Å². The number of aromatic nitrogens is 2. The number of rotatable bonds is 5. The molecule has 0 aliphatic heterocycles. The fraction of sp³-hybridized carbons (Fsp3) is 0.263. The van der Waals surface area contributed by atoms with E-state index in [1.54, 1.807) is 19.0 Å². The molecule has 0 saturated heterocycles. The number of urea groups is 1. The monoisotopic (exact) mass is 391 g/mol. The lowest BCUT2D eigenvalue weighted by Crippen LogP contribution is -2.31. The highest BCUT2D eigenvalue weighted by Gasteiger charge is 2.31. The highest BCUT2D eigenvalue weighted by molar-refractivity contribution is 5.93. The molecule has 0 saturated carbocycles. The maximum absolute atomic E-state index is 13.0. The Labute approximate surface area is 160 Å². The largest absolute Gasteiger partial charge is 0.416 e. The average Bonchev–Trinajstić information content (AvgIpc) is 3.03. The summed E-state index contributed by atoms with van der Waals surface area (Å²) < 4.78 is 40.8. The van der Waals surface area contributed by atoms with E-state index in [9.17, 15) is 18.0 Å². The van der Waals surface area contributed by atoms with Gasteiger partial charge in [-0.3, -0.25) is 0 Å². The van der Waals surface area contributed by atoms with Gasteiger partial charge in [-0.15, -0.1) is 0 Å². The Bertz CT molecular complexity index is 948. The number of hydrogen-bond donors (Lipinski definition) is 2. The summed E-state index contributed by atoms with van der Waals surface area (Å²) in [6, 6.07) is 8.32. The standard InChI is InChI=1S/C19H20F3N5O/c1-26(2)16-7-6-13(19(20,21)22)11-15(16)25-18(28)23-9-8-14-12-27-10-4-3-5-17(27)24-14/h3-7,10-12H,8-9H2,1-2H3,(H2,23,25,28). The van der Waals surface area contributed by atoms with Crippen molar-refractivity contribution in [3.05, 3.63) is 60.0 Å². The fourth-order valence-corrected chi connectivity index (χ4v) is 2.78. The second-order valence-electron chi connectivity index (χ2n) is 6.45. The minimum absolute atomic E-state index is 0.0880. The first kappa shape index (κ1) is 19.5. The van der Waals surface area contributed by atoms with Crippen molar-refractivity contribution in [1.29, 1.82) is 0 Å². The Morgan fingerprint density at radius 1 is 1.21 bits per heavy atom. The van der Waals surface area contributed by atoms with Gasteiger partial charge in [0, 0.05) is 39.5 Å². The van der Waals surface area contributed by atoms with Crippen molar-refractivity contribution in [1.82, 2.24) is 14.7 Å². The van der Waals surface area contributed by atoms with E-state index in [4.69, 9.17) is 0 Å². The summed E-state index contributed by atoms with van der Waals surface area (Å²) in [5.41, 5.74) is 1.35. The molecular weight excluding hydrogens is 371 g/mol. The normalized spacial score (nSPS) is 11.5. The van der Waals surface area contributed by atoms with Gasteiger partial charge in [0.2, 0.25) is 0 Å². The minimum atomic E-state index is -4.49. The van der Waals surface area contributed by atoms with Crippen LogP contribution in [0, 0.1) is 0 Å². The molecule has 0 radical (unpaired) electrons. The molecule has 3 aromatic rings. The first-order chi connectivity index (χ1) is 13.2. The Hall–Kier alpha value is -3.23. The molecule has 2 N–H and O–H groups in total. The molecule has 3 rings (SSSR count). The summed E-state index contributed by atoms with van der Waals surface area (Å²) >= 11 is 0. The van der Waals surface area contributed by atoms with Gasteiger partial charge in [0.15, 0.2) is 0 Å². The summed E-state index contributed by atoms with van der Waals surface area (Å²) in [4.78, 5) is 18.2. The second kappa shape index (κ2) is 7.79. The third-order valence-corrected chi connectivity index (χ3v) is 4.13. The molecule has 9 heteroatoms. The summed E-state index contributed by atoms with van der Waals surface area (Å²) in [6.07, 6.45) is -0.243. The topological polar surface area (TPSA) is 61.7 Å². The Morgan fingerprint density at radius 3 is 2.68 bits per heavy atom. The van der Waals surface area contributed by atoms with Crippen molar-refractivity contribution in [3.63, 3.8) is 0 Å². The number of anilines is 2. The van der Waals surface area contributed by atoms with Crippen LogP contribution < -0.4 is 15.5 Å². The number of carbonyl (C=O) groups is 1. The van der Waals surface area contributed by atoms with Crippen molar-refractivity contribution in [2.75, 3.05) is 30.9 Å². The van der Waals surface area contributed by atoms with Gasteiger partial charge in [0.25, 0.3) is 0 Å². The van der Waals surface area contributed by atoms with Crippen molar-refractivity contribution in [2.45, 2.75) is 12.6 Å². The number of carbonyl (C=O) groups excluding carboxylic acids is 1. The van der Waals surface area contributed by atoms with Crippen LogP contribution in [0.5, 0.6) is 0 Å². The predicted molar refractivity (Wildman–Crippen MR) is 102 cm³/mol. The highest BCUT2D eigenvalue weighted by Crippen LogP contribution is 2.34. The van der Waals surface area contributed by atoms with Gasteiger partial charge in [-0.25, -0.2) is 9.78 Å². The zero-order chi connectivity index (χ0) is 20.3. The first-order valence-electron chi connectivity index (χ1n) is 8.60. The SMILES string of the molecule is CN(C)c1ccc(C(F)(F)F)cc1NC(=O)NCCc1cn2ccccc2n1. The van der Waals surface area contributed by atoms with Crippen LogP contribution in [0.3, 0.4) is 0 Å². The van der Waals surface area contributed by atoms with E-state index >= 15 is 0 Å². The molecule has 6 nitrogen and oxygen atoms in total. The van der Waals surface area contributed by atoms with Crippen LogP contribution in [0.4, 0.5) is 29.3 Å². The Kier molecular flexibility index (Phi) is 5.43. The van der Waals surface area contributed by atoms with E-state index in [1.165, 1.54) is 6.07 Å². The molecule has 2 heterocycles. The van der Waals surface area contributed by atoms with Gasteiger partial charge in [0.05, 0.1) is 22.6 Å². The molecule has 148 valence electrons. The number of amides is 2. The maximum atomic E-state index is 13.0. The molecule has 0 aliphatic carbocycles. The molecule has 0 fully saturated rings. The van der Waals surface area contributed by atoms with E-state index in [1.807, 2.05) is 35.0 Å². The van der Waals surface area contributed by atoms with Crippen LogP contribution in [0.2, 0.25) is 0 Å². The van der Waals surface area contributed by atoms with Crippen LogP contribution in [-0.2, 0) is 12.6 Å². The zero-order valence-corrected chi connectivity index (χ0v) is 15.4. The molecular formula is C19H20F3N5O. The lowest BCUT2D eigenvalue weighted by molar-refractivity contribution is -0.137. The number of alkyl halides is 3. The number of halogens is 3. The van der Waals surface area contributed by atoms with Gasteiger partial charge >= 0.3 is 12.2 Å². The van der Waals surface area contributed by atoms with Crippen LogP contribution in [0.25, 0.3) is 5.65 Å². The van der Waals surface area contributed by atoms with E-state index in [0.29, 0.717) is 18.7 Å². The first-order valence-corrected chi connectivity index (χ1v) is 8.60. The molecule has 2 aromatic heterocycles. The number of imidazole rings is 1. The summed E-state index contributed by atoms with van der Waals surface area (Å²) in [5.74, 6) is 0. The molecule has 0 aliphatic rings. The zero-order valence-electron chi connectivity index (χ0n) is 15.4. The van der Waals surface area contributed by atoms with Gasteiger partial charge in [-0.2, -0.15) is 13.2 Å². The van der Waals surface area contributed by atoms with Crippen molar-refractivity contribution >= 4 is 23.1 Å². The smallest absolute Gasteiger partial charge is 0.376 e. The highest BCUT2D eigenvalue weighted by atomic mass is 19.4. The maximum Gasteiger partial charge on any atom is 0.416 e. The van der Waals surface area contributed by atoms with E-state index in [0.717, 1.165) is 23.5 Å². The van der Waals surface area contributed by atoms with Crippen molar-refractivity contribution in [3.8, 4) is 0 Å². The van der Waals surface area contributed by atoms with Crippen LogP contribution in [-0.4, -0.2) is 36.1 Å². The van der Waals surface area contributed by atoms with E-state index < -0.39 is 17.8 Å². The molecule has 28 heavy (non-hydrogen) atoms. The predicted octanol–water partition coefficient (Wildman–Crippen LogP) is 3.78. The van der Waals surface area contributed by atoms with Crippen LogP contribution >= 0.6 is 0 Å². The number of hydrogen-bond acceptors (Lipinski definition) is 3. The quantitative estimate of drug-likeness (QED) is 0.696. The third-order valence-electron chi connectivity index (χ3n) is 4.13. The van der Waals surface area contributed by atoms with Crippen molar-refractivity contribution in [2.24, 2.45) is 0 Å². The number of pyridine rings is 1. The number of nitrogens with zero attached hydrogens (tertiary/aromatic N) is 3. The molecule has 0 unspecified atom stereocenters. The van der Waals surface area contributed by atoms with Gasteiger partial charge in [0.1, 0.15) is 5.65 Å². The van der Waals surface area contributed by atoms with Crippen LogP contribution in [0.15, 0.2) is 48.8 Å². The average molecular weight is 391 g/mol. The molecule has 0 atom stereocenters. The summed E-state index contributed by atoms with van der Waals surface area (Å²) in [6.45, 7) is 0.298. The van der Waals surface area contributed by atoms with E-state index in [-0.39, 0.29) is 5.69 Å². The van der Waals surface area contributed by atoms with Gasteiger partial charge in [-0.1, -0.05) is 6.07 Å². The minimum Gasteiger partial charge on any atom is -0.376 e. The van der Waals surface area contributed by atoms with Crippen LogP contribution in [0.1, 0.15) is 11.3 Å². The molecule has 0 spiro atoms. The lowest BCUT2D eigenvalue weighted by Gasteiger charge is -2.20. The third kappa shape index (κ3) is 4.54.